The van der Waals surface area contributed by atoms with E-state index >= 15 is 0 Å². The smallest absolute Gasteiger partial charge is 0.303 e. The number of unbranched alkanes of at least 4 members (excludes halogenated alkanes) is 4. The minimum absolute atomic E-state index is 0.00748. The van der Waals surface area contributed by atoms with Gasteiger partial charge in [-0.1, -0.05) is 92.7 Å². The van der Waals surface area contributed by atoms with Crippen molar-refractivity contribution in [3.8, 4) is 5.75 Å². The van der Waals surface area contributed by atoms with Gasteiger partial charge in [0.1, 0.15) is 5.75 Å². The second-order valence-corrected chi connectivity index (χ2v) is 9.96. The number of phenols is 1. The Hall–Kier alpha value is -1.51. The fraction of sp³-hybridized carbons (Fsp3) is 0.708. The molecule has 1 rings (SSSR count). The molecule has 0 radical (unpaired) electrons. The van der Waals surface area contributed by atoms with Crippen LogP contribution in [0.15, 0.2) is 12.1 Å². The summed E-state index contributed by atoms with van der Waals surface area (Å²) < 4.78 is 0. The normalized spacial score (nSPS) is 13.6. The SMILES string of the molecule is CCCCCCCC(CC(=O)O)c1cc(C(C)(C)C)c(O)c(C(C)(C)C)c1. The van der Waals surface area contributed by atoms with Gasteiger partial charge in [-0.15, -0.1) is 0 Å². The van der Waals surface area contributed by atoms with Crippen molar-refractivity contribution in [2.45, 2.75) is 110 Å². The second kappa shape index (κ2) is 9.61. The molecule has 27 heavy (non-hydrogen) atoms. The number of carboxylic acids is 1. The molecule has 0 aliphatic rings. The van der Waals surface area contributed by atoms with Crippen molar-refractivity contribution in [1.82, 2.24) is 0 Å². The maximum absolute atomic E-state index is 11.5. The molecule has 154 valence electrons. The fourth-order valence-corrected chi connectivity index (χ4v) is 3.63. The molecule has 0 aromatic heterocycles. The summed E-state index contributed by atoms with van der Waals surface area (Å²) >= 11 is 0. The van der Waals surface area contributed by atoms with E-state index in [-0.39, 0.29) is 23.2 Å². The number of rotatable bonds is 9. The Labute approximate surface area is 166 Å². The highest BCUT2D eigenvalue weighted by Crippen LogP contribution is 2.42. The third-order valence-corrected chi connectivity index (χ3v) is 5.30. The van der Waals surface area contributed by atoms with E-state index in [2.05, 4.69) is 48.5 Å². The van der Waals surface area contributed by atoms with Crippen molar-refractivity contribution in [1.29, 1.82) is 0 Å². The third-order valence-electron chi connectivity index (χ3n) is 5.30. The van der Waals surface area contributed by atoms with Crippen LogP contribution in [0.5, 0.6) is 5.75 Å². The van der Waals surface area contributed by atoms with Crippen LogP contribution in [0.1, 0.15) is 116 Å². The Morgan fingerprint density at radius 3 is 1.81 bits per heavy atom. The van der Waals surface area contributed by atoms with Crippen molar-refractivity contribution >= 4 is 5.97 Å². The first-order valence-electron chi connectivity index (χ1n) is 10.5. The van der Waals surface area contributed by atoms with E-state index in [0.717, 1.165) is 36.0 Å². The van der Waals surface area contributed by atoms with E-state index in [1.807, 2.05) is 12.1 Å². The molecule has 0 spiro atoms. The molecule has 1 atom stereocenters. The lowest BCUT2D eigenvalue weighted by Gasteiger charge is -2.30. The highest BCUT2D eigenvalue weighted by Gasteiger charge is 2.28. The van der Waals surface area contributed by atoms with Gasteiger partial charge in [-0.05, 0) is 39.9 Å². The largest absolute Gasteiger partial charge is 0.507 e. The quantitative estimate of drug-likeness (QED) is 0.460. The number of aromatic hydroxyl groups is 1. The Morgan fingerprint density at radius 2 is 1.41 bits per heavy atom. The van der Waals surface area contributed by atoms with Crippen molar-refractivity contribution in [2.75, 3.05) is 0 Å². The minimum Gasteiger partial charge on any atom is -0.507 e. The van der Waals surface area contributed by atoms with Gasteiger partial charge in [-0.2, -0.15) is 0 Å². The first-order valence-corrected chi connectivity index (χ1v) is 10.5. The highest BCUT2D eigenvalue weighted by atomic mass is 16.4. The molecule has 0 bridgehead atoms. The van der Waals surface area contributed by atoms with Crippen molar-refractivity contribution in [3.63, 3.8) is 0 Å². The third kappa shape index (κ3) is 7.20. The van der Waals surface area contributed by atoms with Gasteiger partial charge in [-0.3, -0.25) is 4.79 Å². The summed E-state index contributed by atoms with van der Waals surface area (Å²) in [5, 5.41) is 20.4. The monoisotopic (exact) mass is 376 g/mol. The van der Waals surface area contributed by atoms with Crippen molar-refractivity contribution in [2.24, 2.45) is 0 Å². The molecule has 1 unspecified atom stereocenters. The van der Waals surface area contributed by atoms with Crippen LogP contribution in [0, 0.1) is 0 Å². The number of hydrogen-bond acceptors (Lipinski definition) is 2. The van der Waals surface area contributed by atoms with Gasteiger partial charge >= 0.3 is 5.97 Å². The van der Waals surface area contributed by atoms with Crippen LogP contribution in [-0.4, -0.2) is 16.2 Å². The van der Waals surface area contributed by atoms with E-state index in [4.69, 9.17) is 0 Å². The van der Waals surface area contributed by atoms with Crippen LogP contribution in [0.2, 0.25) is 0 Å². The maximum Gasteiger partial charge on any atom is 0.303 e. The molecule has 3 heteroatoms. The number of phenolic OH excluding ortho intramolecular Hbond substituents is 1. The predicted molar refractivity (Wildman–Crippen MR) is 114 cm³/mol. The molecule has 1 aromatic carbocycles. The van der Waals surface area contributed by atoms with Gasteiger partial charge in [0.25, 0.3) is 0 Å². The molecule has 0 saturated carbocycles. The van der Waals surface area contributed by atoms with Crippen molar-refractivity contribution < 1.29 is 15.0 Å². The Morgan fingerprint density at radius 1 is 0.926 bits per heavy atom. The zero-order valence-electron chi connectivity index (χ0n) is 18.5. The Kier molecular flexibility index (Phi) is 8.38. The topological polar surface area (TPSA) is 57.5 Å². The van der Waals surface area contributed by atoms with Gasteiger partial charge in [0, 0.05) is 0 Å². The molecule has 0 fully saturated rings. The number of aliphatic carboxylic acids is 1. The highest BCUT2D eigenvalue weighted by molar-refractivity contribution is 5.68. The Balaban J connectivity index is 3.28. The number of carbonyl (C=O) groups is 1. The molecule has 0 aliphatic carbocycles. The summed E-state index contributed by atoms with van der Waals surface area (Å²) in [6.07, 6.45) is 6.90. The minimum atomic E-state index is -0.753. The van der Waals surface area contributed by atoms with Gasteiger partial charge in [0.15, 0.2) is 0 Å². The summed E-state index contributed by atoms with van der Waals surface area (Å²) in [7, 11) is 0. The molecule has 0 heterocycles. The average molecular weight is 377 g/mol. The summed E-state index contributed by atoms with van der Waals surface area (Å²) in [6, 6.07) is 4.09. The lowest BCUT2D eigenvalue weighted by Crippen LogP contribution is -2.19. The summed E-state index contributed by atoms with van der Waals surface area (Å²) in [4.78, 5) is 11.5. The standard InChI is InChI=1S/C24H40O3/c1-8-9-10-11-12-13-17(16-21(25)26)18-14-19(23(2,3)4)22(27)20(15-18)24(5,6)7/h14-15,17,27H,8-13,16H2,1-7H3,(H,25,26). The van der Waals surface area contributed by atoms with Crippen LogP contribution < -0.4 is 0 Å². The molecule has 3 nitrogen and oxygen atoms in total. The molecular weight excluding hydrogens is 336 g/mol. The van der Waals surface area contributed by atoms with Crippen molar-refractivity contribution in [3.05, 3.63) is 28.8 Å². The molecule has 1 aromatic rings. The average Bonchev–Trinajstić information content (AvgIpc) is 2.51. The van der Waals surface area contributed by atoms with E-state index in [9.17, 15) is 15.0 Å². The first kappa shape index (κ1) is 23.5. The fourth-order valence-electron chi connectivity index (χ4n) is 3.63. The van der Waals surface area contributed by atoms with Crippen LogP contribution >= 0.6 is 0 Å². The van der Waals surface area contributed by atoms with E-state index in [0.29, 0.717) is 5.75 Å². The molecule has 2 N–H and O–H groups in total. The van der Waals surface area contributed by atoms with Gasteiger partial charge in [-0.25, -0.2) is 0 Å². The molecular formula is C24H40O3. The molecule has 0 amide bonds. The van der Waals surface area contributed by atoms with Crippen LogP contribution in [-0.2, 0) is 15.6 Å². The van der Waals surface area contributed by atoms with Gasteiger partial charge < -0.3 is 10.2 Å². The number of carboxylic acid groups (broad SMARTS) is 1. The zero-order valence-corrected chi connectivity index (χ0v) is 18.5. The molecule has 0 aliphatic heterocycles. The summed E-state index contributed by atoms with van der Waals surface area (Å²) in [6.45, 7) is 14.8. The predicted octanol–water partition coefficient (Wildman–Crippen LogP) is 6.91. The lowest BCUT2D eigenvalue weighted by atomic mass is 9.76. The van der Waals surface area contributed by atoms with Gasteiger partial charge in [0.05, 0.1) is 6.42 Å². The van der Waals surface area contributed by atoms with Crippen LogP contribution in [0.4, 0.5) is 0 Å². The zero-order chi connectivity index (χ0) is 20.8. The summed E-state index contributed by atoms with van der Waals surface area (Å²) in [5.74, 6) is -0.404. The Bertz CT molecular complexity index is 582. The van der Waals surface area contributed by atoms with Crippen LogP contribution in [0.25, 0.3) is 0 Å². The van der Waals surface area contributed by atoms with E-state index in [1.54, 1.807) is 0 Å². The summed E-state index contributed by atoms with van der Waals surface area (Å²) in [5.41, 5.74) is 2.47. The van der Waals surface area contributed by atoms with Gasteiger partial charge in [0.2, 0.25) is 0 Å². The maximum atomic E-state index is 11.5. The first-order chi connectivity index (χ1) is 12.4. The van der Waals surface area contributed by atoms with E-state index < -0.39 is 5.97 Å². The van der Waals surface area contributed by atoms with Crippen LogP contribution in [0.3, 0.4) is 0 Å². The van der Waals surface area contributed by atoms with E-state index in [1.165, 1.54) is 19.3 Å². The number of benzene rings is 1. The number of hydrogen-bond donors (Lipinski definition) is 2. The molecule has 0 saturated heterocycles. The second-order valence-electron chi connectivity index (χ2n) is 9.96. The lowest BCUT2D eigenvalue weighted by molar-refractivity contribution is -0.137.